The molecular weight excluding hydrogens is 114 g/mol. The molecule has 3 N–H and O–H groups in total. The predicted molar refractivity (Wildman–Crippen MR) is 32.3 cm³/mol. The minimum absolute atomic E-state index is 0. The lowest BCUT2D eigenvalue weighted by molar-refractivity contribution is 0.132. The van der Waals surface area contributed by atoms with Crippen molar-refractivity contribution in [3.8, 4) is 0 Å². The molecule has 0 aliphatic heterocycles. The highest BCUT2D eigenvalue weighted by atomic mass is 35.5. The summed E-state index contributed by atoms with van der Waals surface area (Å²) in [6.07, 6.45) is -0.648. The zero-order valence-electron chi connectivity index (χ0n) is 4.59. The lowest BCUT2D eigenvalue weighted by Gasteiger charge is -2.04. The van der Waals surface area contributed by atoms with Gasteiger partial charge < -0.3 is 10.8 Å². The Hall–Kier alpha value is 0.210. The maximum atomic E-state index is 8.41. The van der Waals surface area contributed by atoms with Gasteiger partial charge in [-0.2, -0.15) is 0 Å². The highest BCUT2D eigenvalue weighted by molar-refractivity contribution is 5.85. The molecule has 0 aromatic heterocycles. The van der Waals surface area contributed by atoms with Crippen LogP contribution in [0, 0.1) is 5.92 Å². The van der Waals surface area contributed by atoms with Crippen LogP contribution in [-0.4, -0.2) is 11.3 Å². The van der Waals surface area contributed by atoms with E-state index in [-0.39, 0.29) is 18.3 Å². The smallest absolute Gasteiger partial charge is 0.104 e. The van der Waals surface area contributed by atoms with Gasteiger partial charge in [-0.05, 0) is 5.92 Å². The van der Waals surface area contributed by atoms with Gasteiger partial charge in [0.2, 0.25) is 0 Å². The molecule has 0 aromatic carbocycles. The van der Waals surface area contributed by atoms with Crippen LogP contribution in [0.25, 0.3) is 0 Å². The molecule has 0 rings (SSSR count). The first-order chi connectivity index (χ1) is 2.64. The molecule has 0 fully saturated rings. The monoisotopic (exact) mass is 125 g/mol. The van der Waals surface area contributed by atoms with Crippen LogP contribution < -0.4 is 5.73 Å². The summed E-state index contributed by atoms with van der Waals surface area (Å²) in [6, 6.07) is 0. The van der Waals surface area contributed by atoms with Crippen LogP contribution in [0.15, 0.2) is 0 Å². The lowest BCUT2D eigenvalue weighted by Crippen LogP contribution is -2.24. The summed E-state index contributed by atoms with van der Waals surface area (Å²) in [5.74, 6) is 0.185. The van der Waals surface area contributed by atoms with Crippen LogP contribution >= 0.6 is 12.4 Å². The molecule has 2 nitrogen and oxygen atoms in total. The molecule has 0 spiro atoms. The quantitative estimate of drug-likeness (QED) is 0.497. The summed E-state index contributed by atoms with van der Waals surface area (Å²) in [5, 5.41) is 8.41. The molecule has 0 saturated heterocycles. The van der Waals surface area contributed by atoms with Gasteiger partial charge in [0.1, 0.15) is 6.23 Å². The number of halogens is 1. The normalized spacial score (nSPS) is 13.3. The van der Waals surface area contributed by atoms with E-state index in [0.717, 1.165) is 0 Å². The van der Waals surface area contributed by atoms with Crippen molar-refractivity contribution in [2.45, 2.75) is 20.1 Å². The van der Waals surface area contributed by atoms with Gasteiger partial charge in [0, 0.05) is 0 Å². The van der Waals surface area contributed by atoms with Gasteiger partial charge in [-0.25, -0.2) is 0 Å². The Morgan fingerprint density at radius 1 is 1.43 bits per heavy atom. The van der Waals surface area contributed by atoms with Gasteiger partial charge >= 0.3 is 0 Å². The Labute approximate surface area is 50.1 Å². The average molecular weight is 126 g/mol. The van der Waals surface area contributed by atoms with Gasteiger partial charge in [-0.1, -0.05) is 13.8 Å². The van der Waals surface area contributed by atoms with Gasteiger partial charge in [-0.15, -0.1) is 12.4 Å². The van der Waals surface area contributed by atoms with E-state index in [4.69, 9.17) is 10.8 Å². The number of aliphatic hydroxyl groups excluding tert-OH is 1. The molecular formula is C4H12ClNO. The number of rotatable bonds is 1. The van der Waals surface area contributed by atoms with Gasteiger partial charge in [0.25, 0.3) is 0 Å². The molecule has 0 aliphatic carbocycles. The molecule has 0 saturated carbocycles. The van der Waals surface area contributed by atoms with Crippen LogP contribution in [0.5, 0.6) is 0 Å². The van der Waals surface area contributed by atoms with Gasteiger partial charge in [0.15, 0.2) is 0 Å². The first-order valence-corrected chi connectivity index (χ1v) is 2.08. The SMILES string of the molecule is CC(C)C(N)O.Cl. The van der Waals surface area contributed by atoms with Crippen LogP contribution in [0.4, 0.5) is 0 Å². The lowest BCUT2D eigenvalue weighted by atomic mass is 10.2. The van der Waals surface area contributed by atoms with Crippen molar-refractivity contribution in [2.24, 2.45) is 11.7 Å². The minimum Gasteiger partial charge on any atom is -0.379 e. The Morgan fingerprint density at radius 3 is 1.57 bits per heavy atom. The second kappa shape index (κ2) is 4.37. The molecule has 1 unspecified atom stereocenters. The van der Waals surface area contributed by atoms with Crippen LogP contribution in [0.3, 0.4) is 0 Å². The van der Waals surface area contributed by atoms with Crippen molar-refractivity contribution in [3.05, 3.63) is 0 Å². The third-order valence-corrected chi connectivity index (χ3v) is 0.683. The van der Waals surface area contributed by atoms with Crippen molar-refractivity contribution in [3.63, 3.8) is 0 Å². The largest absolute Gasteiger partial charge is 0.379 e. The third kappa shape index (κ3) is 6.21. The maximum Gasteiger partial charge on any atom is 0.104 e. The first kappa shape index (κ1) is 10.2. The third-order valence-electron chi connectivity index (χ3n) is 0.683. The number of nitrogens with two attached hydrogens (primary N) is 1. The van der Waals surface area contributed by atoms with Crippen molar-refractivity contribution in [1.82, 2.24) is 0 Å². The molecule has 3 heteroatoms. The Bertz CT molecular complexity index is 32.7. The highest BCUT2D eigenvalue weighted by Crippen LogP contribution is 1.90. The van der Waals surface area contributed by atoms with E-state index >= 15 is 0 Å². The van der Waals surface area contributed by atoms with Crippen LogP contribution in [0.2, 0.25) is 0 Å². The van der Waals surface area contributed by atoms with E-state index in [1.807, 2.05) is 13.8 Å². The van der Waals surface area contributed by atoms with Crippen molar-refractivity contribution >= 4 is 12.4 Å². The summed E-state index contributed by atoms with van der Waals surface area (Å²) in [4.78, 5) is 0. The van der Waals surface area contributed by atoms with E-state index in [2.05, 4.69) is 0 Å². The van der Waals surface area contributed by atoms with Gasteiger partial charge in [0.05, 0.1) is 0 Å². The van der Waals surface area contributed by atoms with E-state index in [1.54, 1.807) is 0 Å². The molecule has 0 bridgehead atoms. The molecule has 0 aliphatic rings. The zero-order chi connectivity index (χ0) is 5.15. The standard InChI is InChI=1S/C4H11NO.ClH/c1-3(2)4(5)6;/h3-4,6H,5H2,1-2H3;1H. The minimum atomic E-state index is -0.648. The number of aliphatic hydroxyl groups is 1. The van der Waals surface area contributed by atoms with Crippen molar-refractivity contribution in [1.29, 1.82) is 0 Å². The highest BCUT2D eigenvalue weighted by Gasteiger charge is 1.97. The number of hydrogen-bond donors (Lipinski definition) is 2. The summed E-state index contributed by atoms with van der Waals surface area (Å²) < 4.78 is 0. The molecule has 1 atom stereocenters. The Kier molecular flexibility index (Phi) is 6.40. The predicted octanol–water partition coefficient (Wildman–Crippen LogP) is 0.341. The zero-order valence-corrected chi connectivity index (χ0v) is 5.40. The fourth-order valence-corrected chi connectivity index (χ4v) is 0. The van der Waals surface area contributed by atoms with Crippen LogP contribution in [0.1, 0.15) is 13.8 Å². The molecule has 46 valence electrons. The Morgan fingerprint density at radius 2 is 1.57 bits per heavy atom. The Balaban J connectivity index is 0. The van der Waals surface area contributed by atoms with E-state index in [0.29, 0.717) is 0 Å². The fourth-order valence-electron chi connectivity index (χ4n) is 0. The number of hydrogen-bond acceptors (Lipinski definition) is 2. The second-order valence-corrected chi connectivity index (χ2v) is 1.73. The second-order valence-electron chi connectivity index (χ2n) is 1.73. The first-order valence-electron chi connectivity index (χ1n) is 2.08. The summed E-state index contributed by atoms with van der Waals surface area (Å²) >= 11 is 0. The fraction of sp³-hybridized carbons (Fsp3) is 1.00. The van der Waals surface area contributed by atoms with Gasteiger partial charge in [-0.3, -0.25) is 0 Å². The van der Waals surface area contributed by atoms with E-state index < -0.39 is 6.23 Å². The molecule has 0 aromatic rings. The summed E-state index contributed by atoms with van der Waals surface area (Å²) in [6.45, 7) is 3.73. The topological polar surface area (TPSA) is 46.2 Å². The average Bonchev–Trinajstić information content (AvgIpc) is 1.36. The maximum absolute atomic E-state index is 8.41. The molecule has 0 heterocycles. The van der Waals surface area contributed by atoms with E-state index in [9.17, 15) is 0 Å². The molecule has 7 heavy (non-hydrogen) atoms. The molecule has 0 amide bonds. The van der Waals surface area contributed by atoms with Crippen molar-refractivity contribution < 1.29 is 5.11 Å². The van der Waals surface area contributed by atoms with Crippen molar-refractivity contribution in [2.75, 3.05) is 0 Å². The van der Waals surface area contributed by atoms with E-state index in [1.165, 1.54) is 0 Å². The summed E-state index contributed by atoms with van der Waals surface area (Å²) in [5.41, 5.74) is 4.99. The van der Waals surface area contributed by atoms with Crippen LogP contribution in [-0.2, 0) is 0 Å². The summed E-state index contributed by atoms with van der Waals surface area (Å²) in [7, 11) is 0. The molecule has 0 radical (unpaired) electrons.